The number of likely N-dealkylation sites (N-methyl/N-ethyl adjacent to an activating group) is 1. The zero-order chi connectivity index (χ0) is 18.8. The highest BCUT2D eigenvalue weighted by atomic mass is 16.5. The van der Waals surface area contributed by atoms with Crippen LogP contribution in [0, 0.1) is 0 Å². The second kappa shape index (κ2) is 11.2. The fraction of sp³-hybridized carbons (Fsp3) is 0.650. The highest BCUT2D eigenvalue weighted by Crippen LogP contribution is 2.16. The van der Waals surface area contributed by atoms with Crippen LogP contribution in [0.3, 0.4) is 0 Å². The van der Waals surface area contributed by atoms with Crippen molar-refractivity contribution >= 4 is 11.6 Å². The Balaban J connectivity index is 1.64. The number of rotatable bonds is 10. The van der Waals surface area contributed by atoms with E-state index >= 15 is 0 Å². The van der Waals surface area contributed by atoms with Crippen molar-refractivity contribution in [3.63, 3.8) is 0 Å². The van der Waals surface area contributed by atoms with Crippen LogP contribution in [0.15, 0.2) is 30.3 Å². The Kier molecular flexibility index (Phi) is 8.88. The number of amides is 1. The van der Waals surface area contributed by atoms with Gasteiger partial charge in [-0.2, -0.15) is 0 Å². The number of carbonyl (C=O) groups is 1. The number of ether oxygens (including phenoxy) is 1. The zero-order valence-electron chi connectivity index (χ0n) is 16.5. The number of benzene rings is 1. The largest absolute Gasteiger partial charge is 0.385 e. The van der Waals surface area contributed by atoms with Crippen LogP contribution in [-0.4, -0.2) is 88.3 Å². The molecule has 1 fully saturated rings. The molecule has 1 heterocycles. The average Bonchev–Trinajstić information content (AvgIpc) is 2.67. The maximum Gasteiger partial charge on any atom is 0.234 e. The second-order valence-corrected chi connectivity index (χ2v) is 7.10. The minimum atomic E-state index is 0.0969. The van der Waals surface area contributed by atoms with Crippen molar-refractivity contribution in [3.05, 3.63) is 30.3 Å². The summed E-state index contributed by atoms with van der Waals surface area (Å²) in [4.78, 5) is 19.0. The topological polar surface area (TPSA) is 48.1 Å². The van der Waals surface area contributed by atoms with Gasteiger partial charge in [0, 0.05) is 64.7 Å². The van der Waals surface area contributed by atoms with E-state index in [1.807, 2.05) is 11.9 Å². The Bertz CT molecular complexity index is 518. The first-order chi connectivity index (χ1) is 12.6. The normalized spacial score (nSPS) is 16.7. The number of hydrogen-bond donors (Lipinski definition) is 1. The quantitative estimate of drug-likeness (QED) is 0.636. The van der Waals surface area contributed by atoms with E-state index in [0.29, 0.717) is 19.1 Å². The molecule has 0 radical (unpaired) electrons. The van der Waals surface area contributed by atoms with Crippen molar-refractivity contribution in [1.29, 1.82) is 0 Å². The summed E-state index contributed by atoms with van der Waals surface area (Å²) in [6, 6.07) is 10.9. The number of nitrogens with zero attached hydrogens (tertiary/aromatic N) is 3. The molecule has 26 heavy (non-hydrogen) atoms. The van der Waals surface area contributed by atoms with Gasteiger partial charge in [0.15, 0.2) is 0 Å². The van der Waals surface area contributed by atoms with E-state index in [1.54, 1.807) is 7.11 Å². The van der Waals surface area contributed by atoms with Crippen LogP contribution in [0.25, 0.3) is 0 Å². The van der Waals surface area contributed by atoms with Crippen LogP contribution in [0.4, 0.5) is 5.69 Å². The predicted octanol–water partition coefficient (Wildman–Crippen LogP) is 1.28. The van der Waals surface area contributed by atoms with Crippen molar-refractivity contribution < 1.29 is 9.53 Å². The summed E-state index contributed by atoms with van der Waals surface area (Å²) in [5.74, 6) is 0.0969. The SMILES string of the molecule is COCCCN(C)CC(=O)NCC(C)N1CCN(c2ccccc2)CC1. The van der Waals surface area contributed by atoms with Gasteiger partial charge in [0.1, 0.15) is 0 Å². The van der Waals surface area contributed by atoms with Crippen molar-refractivity contribution in [2.75, 3.05) is 71.5 Å². The van der Waals surface area contributed by atoms with Gasteiger partial charge in [0.05, 0.1) is 6.54 Å². The zero-order valence-corrected chi connectivity index (χ0v) is 16.5. The van der Waals surface area contributed by atoms with Gasteiger partial charge in [-0.05, 0) is 32.5 Å². The molecule has 6 heteroatoms. The number of piperazine rings is 1. The Morgan fingerprint density at radius 1 is 1.23 bits per heavy atom. The van der Waals surface area contributed by atoms with Crippen LogP contribution in [0.1, 0.15) is 13.3 Å². The molecule has 1 aromatic carbocycles. The first-order valence-corrected chi connectivity index (χ1v) is 9.58. The molecule has 1 unspecified atom stereocenters. The molecule has 146 valence electrons. The Morgan fingerprint density at radius 3 is 2.58 bits per heavy atom. The van der Waals surface area contributed by atoms with Gasteiger partial charge in [0.2, 0.25) is 5.91 Å². The summed E-state index contributed by atoms with van der Waals surface area (Å²) >= 11 is 0. The molecule has 0 aromatic heterocycles. The maximum absolute atomic E-state index is 12.1. The van der Waals surface area contributed by atoms with Crippen molar-refractivity contribution in [3.8, 4) is 0 Å². The van der Waals surface area contributed by atoms with Gasteiger partial charge in [-0.25, -0.2) is 0 Å². The highest BCUT2D eigenvalue weighted by Gasteiger charge is 2.21. The van der Waals surface area contributed by atoms with E-state index in [2.05, 4.69) is 52.4 Å². The molecule has 1 saturated heterocycles. The Hall–Kier alpha value is -1.63. The van der Waals surface area contributed by atoms with Gasteiger partial charge in [0.25, 0.3) is 0 Å². The van der Waals surface area contributed by atoms with Crippen LogP contribution in [0.5, 0.6) is 0 Å². The molecule has 1 atom stereocenters. The lowest BCUT2D eigenvalue weighted by molar-refractivity contribution is -0.122. The van der Waals surface area contributed by atoms with Crippen LogP contribution in [0.2, 0.25) is 0 Å². The Morgan fingerprint density at radius 2 is 1.92 bits per heavy atom. The molecule has 1 N–H and O–H groups in total. The van der Waals surface area contributed by atoms with Crippen molar-refractivity contribution in [2.24, 2.45) is 0 Å². The third-order valence-corrected chi connectivity index (χ3v) is 4.96. The monoisotopic (exact) mass is 362 g/mol. The molecule has 0 aliphatic carbocycles. The first kappa shape index (κ1) is 20.7. The maximum atomic E-state index is 12.1. The minimum absolute atomic E-state index is 0.0969. The standard InChI is InChI=1S/C20H34N4O2/c1-18(16-21-20(25)17-22(2)10-7-15-26-3)23-11-13-24(14-12-23)19-8-5-4-6-9-19/h4-6,8-9,18H,7,10-17H2,1-3H3,(H,21,25). The van der Waals surface area contributed by atoms with Crippen molar-refractivity contribution in [1.82, 2.24) is 15.1 Å². The molecule has 1 amide bonds. The third-order valence-electron chi connectivity index (χ3n) is 4.96. The lowest BCUT2D eigenvalue weighted by atomic mass is 10.2. The molecule has 1 aliphatic heterocycles. The van der Waals surface area contributed by atoms with Gasteiger partial charge < -0.3 is 15.0 Å². The lowest BCUT2D eigenvalue weighted by Crippen LogP contribution is -2.52. The number of nitrogens with one attached hydrogen (secondary N) is 1. The van der Waals surface area contributed by atoms with E-state index in [4.69, 9.17) is 4.74 Å². The van der Waals surface area contributed by atoms with E-state index in [0.717, 1.165) is 45.8 Å². The molecular formula is C20H34N4O2. The van der Waals surface area contributed by atoms with E-state index in [1.165, 1.54) is 5.69 Å². The lowest BCUT2D eigenvalue weighted by Gasteiger charge is -2.39. The predicted molar refractivity (Wildman–Crippen MR) is 107 cm³/mol. The number of para-hydroxylation sites is 1. The van der Waals surface area contributed by atoms with Crippen LogP contribution in [-0.2, 0) is 9.53 Å². The smallest absolute Gasteiger partial charge is 0.234 e. The molecular weight excluding hydrogens is 328 g/mol. The summed E-state index contributed by atoms with van der Waals surface area (Å²) in [5.41, 5.74) is 1.30. The van der Waals surface area contributed by atoms with E-state index in [-0.39, 0.29) is 5.91 Å². The number of hydrogen-bond acceptors (Lipinski definition) is 5. The first-order valence-electron chi connectivity index (χ1n) is 9.58. The summed E-state index contributed by atoms with van der Waals surface area (Å²) in [6.07, 6.45) is 0.947. The van der Waals surface area contributed by atoms with Gasteiger partial charge >= 0.3 is 0 Å². The highest BCUT2D eigenvalue weighted by molar-refractivity contribution is 5.78. The minimum Gasteiger partial charge on any atom is -0.385 e. The summed E-state index contributed by atoms with van der Waals surface area (Å²) in [5, 5.41) is 3.08. The third kappa shape index (κ3) is 6.94. The average molecular weight is 363 g/mol. The summed E-state index contributed by atoms with van der Waals surface area (Å²) in [7, 11) is 3.68. The second-order valence-electron chi connectivity index (χ2n) is 7.10. The number of anilines is 1. The fourth-order valence-corrected chi connectivity index (χ4v) is 3.31. The van der Waals surface area contributed by atoms with E-state index < -0.39 is 0 Å². The van der Waals surface area contributed by atoms with Crippen LogP contribution >= 0.6 is 0 Å². The summed E-state index contributed by atoms with van der Waals surface area (Å²) < 4.78 is 5.04. The molecule has 1 aromatic rings. The molecule has 6 nitrogen and oxygen atoms in total. The number of methoxy groups -OCH3 is 1. The van der Waals surface area contributed by atoms with Gasteiger partial charge in [-0.1, -0.05) is 18.2 Å². The fourth-order valence-electron chi connectivity index (χ4n) is 3.31. The summed E-state index contributed by atoms with van der Waals surface area (Å²) in [6.45, 7) is 9.08. The van der Waals surface area contributed by atoms with Crippen LogP contribution < -0.4 is 10.2 Å². The molecule has 0 spiro atoms. The molecule has 2 rings (SSSR count). The molecule has 0 bridgehead atoms. The Labute approximate surface area is 158 Å². The van der Waals surface area contributed by atoms with Gasteiger partial charge in [-0.15, -0.1) is 0 Å². The molecule has 0 saturated carbocycles. The van der Waals surface area contributed by atoms with Gasteiger partial charge in [-0.3, -0.25) is 14.6 Å². The molecule has 1 aliphatic rings. The van der Waals surface area contributed by atoms with E-state index in [9.17, 15) is 4.79 Å². The van der Waals surface area contributed by atoms with Crippen molar-refractivity contribution in [2.45, 2.75) is 19.4 Å². The number of carbonyl (C=O) groups excluding carboxylic acids is 1.